The van der Waals surface area contributed by atoms with Crippen LogP contribution in [0.25, 0.3) is 0 Å². The second-order valence-electron chi connectivity index (χ2n) is 5.57. The van der Waals surface area contributed by atoms with E-state index in [1.165, 1.54) is 0 Å². The highest BCUT2D eigenvalue weighted by Gasteiger charge is 2.18. The van der Waals surface area contributed by atoms with Gasteiger partial charge >= 0.3 is 12.0 Å². The number of esters is 1. The minimum atomic E-state index is -1.03. The predicted octanol–water partition coefficient (Wildman–Crippen LogP) is 4.25. The summed E-state index contributed by atoms with van der Waals surface area (Å²) in [5.41, 5.74) is 2.08. The quantitative estimate of drug-likeness (QED) is 0.580. The molecule has 0 heterocycles. The van der Waals surface area contributed by atoms with Gasteiger partial charge in [-0.3, -0.25) is 10.1 Å². The second kappa shape index (κ2) is 8.83. The number of carbonyl (C=O) groups excluding carboxylic acids is 3. The maximum atomic E-state index is 13.4. The Kier molecular flexibility index (Phi) is 6.76. The van der Waals surface area contributed by atoms with E-state index in [0.29, 0.717) is 5.69 Å². The van der Waals surface area contributed by atoms with Crippen molar-refractivity contribution in [2.75, 3.05) is 11.9 Å². The largest absolute Gasteiger partial charge is 0.452 e. The third kappa shape index (κ3) is 5.42. The Labute approximate surface area is 164 Å². The van der Waals surface area contributed by atoms with Crippen molar-refractivity contribution in [3.05, 3.63) is 62.9 Å². The maximum absolute atomic E-state index is 13.4. The van der Waals surface area contributed by atoms with Gasteiger partial charge in [0.15, 0.2) is 6.61 Å². The Morgan fingerprint density at radius 1 is 1.11 bits per heavy atom. The molecule has 0 radical (unpaired) electrons. The molecule has 0 aliphatic carbocycles. The molecule has 0 saturated heterocycles. The van der Waals surface area contributed by atoms with E-state index in [1.54, 1.807) is 12.1 Å². The van der Waals surface area contributed by atoms with E-state index in [9.17, 15) is 18.8 Å². The zero-order chi connectivity index (χ0) is 20.1. The number of ether oxygens (including phenoxy) is 1. The van der Waals surface area contributed by atoms with Crippen LogP contribution in [0.3, 0.4) is 0 Å². The molecule has 0 aromatic heterocycles. The Morgan fingerprint density at radius 3 is 2.52 bits per heavy atom. The molecule has 0 atom stereocenters. The van der Waals surface area contributed by atoms with Crippen LogP contribution in [0.4, 0.5) is 14.9 Å². The van der Waals surface area contributed by atoms with Crippen LogP contribution in [0.2, 0.25) is 10.0 Å². The topological polar surface area (TPSA) is 84.5 Å². The van der Waals surface area contributed by atoms with E-state index >= 15 is 0 Å². The molecule has 0 spiro atoms. The first-order valence-electron chi connectivity index (χ1n) is 7.67. The van der Waals surface area contributed by atoms with Crippen LogP contribution >= 0.6 is 23.2 Å². The number of imide groups is 1. The average Bonchev–Trinajstić information content (AvgIpc) is 2.60. The number of urea groups is 1. The van der Waals surface area contributed by atoms with Crippen molar-refractivity contribution in [2.45, 2.75) is 13.8 Å². The lowest BCUT2D eigenvalue weighted by Gasteiger charge is -2.11. The van der Waals surface area contributed by atoms with Crippen LogP contribution in [-0.4, -0.2) is 24.5 Å². The van der Waals surface area contributed by atoms with Gasteiger partial charge in [-0.1, -0.05) is 35.3 Å². The molecule has 2 rings (SSSR count). The maximum Gasteiger partial charge on any atom is 0.340 e. The Bertz CT molecular complexity index is 918. The molecule has 27 heavy (non-hydrogen) atoms. The van der Waals surface area contributed by atoms with E-state index in [2.05, 4.69) is 5.32 Å². The number of rotatable bonds is 4. The molecule has 2 aromatic carbocycles. The average molecular weight is 413 g/mol. The number of carbonyl (C=O) groups is 3. The van der Waals surface area contributed by atoms with E-state index in [4.69, 9.17) is 27.9 Å². The lowest BCUT2D eigenvalue weighted by Crippen LogP contribution is -2.37. The first kappa shape index (κ1) is 20.7. The molecule has 6 nitrogen and oxygen atoms in total. The van der Waals surface area contributed by atoms with Gasteiger partial charge in [0.25, 0.3) is 5.91 Å². The molecule has 0 fully saturated rings. The van der Waals surface area contributed by atoms with E-state index < -0.39 is 30.3 Å². The lowest BCUT2D eigenvalue weighted by atomic mass is 10.1. The molecule has 142 valence electrons. The van der Waals surface area contributed by atoms with Crippen LogP contribution in [0.15, 0.2) is 30.3 Å². The summed E-state index contributed by atoms with van der Waals surface area (Å²) in [6.07, 6.45) is 0. The summed E-state index contributed by atoms with van der Waals surface area (Å²) in [5, 5.41) is 4.17. The first-order chi connectivity index (χ1) is 12.7. The molecule has 0 unspecified atom stereocenters. The van der Waals surface area contributed by atoms with Gasteiger partial charge in [-0.2, -0.15) is 0 Å². The monoisotopic (exact) mass is 412 g/mol. The fourth-order valence-corrected chi connectivity index (χ4v) is 2.55. The van der Waals surface area contributed by atoms with Crippen LogP contribution in [0.1, 0.15) is 21.5 Å². The van der Waals surface area contributed by atoms with Crippen molar-refractivity contribution in [1.29, 1.82) is 0 Å². The van der Waals surface area contributed by atoms with E-state index in [0.717, 1.165) is 23.3 Å². The molecular weight excluding hydrogens is 398 g/mol. The number of anilines is 1. The highest BCUT2D eigenvalue weighted by atomic mass is 35.5. The van der Waals surface area contributed by atoms with Gasteiger partial charge in [0, 0.05) is 5.69 Å². The van der Waals surface area contributed by atoms with Crippen molar-refractivity contribution in [3.8, 4) is 0 Å². The molecule has 9 heteroatoms. The van der Waals surface area contributed by atoms with Gasteiger partial charge in [0.05, 0.1) is 15.6 Å². The van der Waals surface area contributed by atoms with Crippen molar-refractivity contribution in [3.63, 3.8) is 0 Å². The summed E-state index contributed by atoms with van der Waals surface area (Å²) >= 11 is 11.3. The van der Waals surface area contributed by atoms with Crippen molar-refractivity contribution >= 4 is 46.8 Å². The number of amides is 3. The summed E-state index contributed by atoms with van der Waals surface area (Å²) < 4.78 is 18.2. The highest BCUT2D eigenvalue weighted by molar-refractivity contribution is 6.36. The molecular formula is C18H15Cl2FN2O4. The molecule has 0 aliphatic heterocycles. The van der Waals surface area contributed by atoms with Crippen LogP contribution in [0, 0.1) is 19.7 Å². The predicted molar refractivity (Wildman–Crippen MR) is 99.8 cm³/mol. The Morgan fingerprint density at radius 2 is 1.81 bits per heavy atom. The van der Waals surface area contributed by atoms with Gasteiger partial charge in [-0.05, 0) is 43.2 Å². The standard InChI is InChI=1S/C18H15Cl2FN2O4/c1-9-4-3-5-15(10(9)2)22-18(26)23-16(24)8-27-17(25)11-6-14(21)13(20)7-12(11)19/h3-7H,8H2,1-2H3,(H2,22,23,24,26). The number of aryl methyl sites for hydroxylation is 1. The number of hydrogen-bond acceptors (Lipinski definition) is 4. The number of hydrogen-bond donors (Lipinski definition) is 2. The summed E-state index contributed by atoms with van der Waals surface area (Å²) in [6, 6.07) is 6.40. The molecule has 2 aromatic rings. The van der Waals surface area contributed by atoms with Gasteiger partial charge in [0.2, 0.25) is 0 Å². The fourth-order valence-electron chi connectivity index (χ4n) is 2.09. The Hall–Kier alpha value is -2.64. The van der Waals surface area contributed by atoms with Crippen LogP contribution in [-0.2, 0) is 9.53 Å². The van der Waals surface area contributed by atoms with Crippen molar-refractivity contribution in [2.24, 2.45) is 0 Å². The van der Waals surface area contributed by atoms with E-state index in [1.807, 2.05) is 25.2 Å². The SMILES string of the molecule is Cc1cccc(NC(=O)NC(=O)COC(=O)c2cc(F)c(Cl)cc2Cl)c1C. The molecule has 0 saturated carbocycles. The first-order valence-corrected chi connectivity index (χ1v) is 8.43. The summed E-state index contributed by atoms with van der Waals surface area (Å²) in [5.74, 6) is -2.75. The smallest absolute Gasteiger partial charge is 0.340 e. The third-order valence-electron chi connectivity index (χ3n) is 3.67. The minimum absolute atomic E-state index is 0.125. The number of halogens is 3. The molecule has 0 bridgehead atoms. The normalized spacial score (nSPS) is 10.3. The van der Waals surface area contributed by atoms with E-state index in [-0.39, 0.29) is 15.6 Å². The van der Waals surface area contributed by atoms with Gasteiger partial charge < -0.3 is 10.1 Å². The van der Waals surface area contributed by atoms with Crippen LogP contribution < -0.4 is 10.6 Å². The fraction of sp³-hybridized carbons (Fsp3) is 0.167. The zero-order valence-corrected chi connectivity index (χ0v) is 15.9. The van der Waals surface area contributed by atoms with Gasteiger partial charge in [0.1, 0.15) is 5.82 Å². The number of benzene rings is 2. The Balaban J connectivity index is 1.90. The summed E-state index contributed by atoms with van der Waals surface area (Å²) in [4.78, 5) is 35.5. The van der Waals surface area contributed by atoms with Crippen molar-refractivity contribution < 1.29 is 23.5 Å². The summed E-state index contributed by atoms with van der Waals surface area (Å²) in [7, 11) is 0. The van der Waals surface area contributed by atoms with Crippen LogP contribution in [0.5, 0.6) is 0 Å². The minimum Gasteiger partial charge on any atom is -0.452 e. The highest BCUT2D eigenvalue weighted by Crippen LogP contribution is 2.24. The zero-order valence-electron chi connectivity index (χ0n) is 14.4. The molecule has 2 N–H and O–H groups in total. The molecule has 3 amide bonds. The lowest BCUT2D eigenvalue weighted by molar-refractivity contribution is -0.123. The van der Waals surface area contributed by atoms with Gasteiger partial charge in [-0.15, -0.1) is 0 Å². The summed E-state index contributed by atoms with van der Waals surface area (Å²) in [6.45, 7) is 2.96. The van der Waals surface area contributed by atoms with Gasteiger partial charge in [-0.25, -0.2) is 14.0 Å². The van der Waals surface area contributed by atoms with Crippen molar-refractivity contribution in [1.82, 2.24) is 5.32 Å². The molecule has 0 aliphatic rings. The third-order valence-corrected chi connectivity index (χ3v) is 4.27. The number of nitrogens with one attached hydrogen (secondary N) is 2. The second-order valence-corrected chi connectivity index (χ2v) is 6.39.